The summed E-state index contributed by atoms with van der Waals surface area (Å²) in [6.45, 7) is 12.8. The first-order valence-corrected chi connectivity index (χ1v) is 10.7. The maximum Gasteiger partial charge on any atom is 0.407 e. The van der Waals surface area contributed by atoms with Crippen LogP contribution in [-0.4, -0.2) is 81.0 Å². The number of carbonyl (C=O) groups is 1. The van der Waals surface area contributed by atoms with Gasteiger partial charge in [-0.2, -0.15) is 0 Å². The lowest BCUT2D eigenvalue weighted by Gasteiger charge is -2.35. The van der Waals surface area contributed by atoms with Gasteiger partial charge in [0, 0.05) is 59.0 Å². The van der Waals surface area contributed by atoms with Crippen molar-refractivity contribution in [1.82, 2.24) is 15.1 Å². The third kappa shape index (κ3) is 9.53. The Morgan fingerprint density at radius 3 is 2.46 bits per heavy atom. The number of rotatable bonds is 12. The molecule has 6 heteroatoms. The highest BCUT2D eigenvalue weighted by molar-refractivity contribution is 5.67. The van der Waals surface area contributed by atoms with E-state index in [2.05, 4.69) is 27.2 Å². The van der Waals surface area contributed by atoms with E-state index in [1.54, 1.807) is 0 Å². The second kappa shape index (κ2) is 13.5. The average Bonchev–Trinajstić information content (AvgIpc) is 2.71. The Morgan fingerprint density at radius 1 is 1.11 bits per heavy atom. The molecule has 0 bridgehead atoms. The van der Waals surface area contributed by atoms with Gasteiger partial charge in [0.05, 0.1) is 0 Å². The van der Waals surface area contributed by atoms with Gasteiger partial charge in [-0.1, -0.05) is 30.3 Å². The van der Waals surface area contributed by atoms with Crippen molar-refractivity contribution in [1.29, 1.82) is 0 Å². The van der Waals surface area contributed by atoms with Crippen LogP contribution in [0.1, 0.15) is 32.3 Å². The molecule has 1 atom stereocenters. The standard InChI is InChI=1S/C22H37N3O3/c1-3-27-19-7-13-24-15-17-25(18-16-24)14-11-20(2)28-22(26)23-12-10-21-8-5-4-6-9-21/h4-6,8-9,20H,3,7,10-19H2,1-2H3,(H,23,26). The van der Waals surface area contributed by atoms with Gasteiger partial charge in [0.2, 0.25) is 0 Å². The van der Waals surface area contributed by atoms with Gasteiger partial charge in [-0.25, -0.2) is 4.79 Å². The lowest BCUT2D eigenvalue weighted by atomic mass is 10.1. The maximum atomic E-state index is 11.9. The number of nitrogens with zero attached hydrogens (tertiary/aromatic N) is 2. The molecule has 1 N–H and O–H groups in total. The van der Waals surface area contributed by atoms with E-state index in [1.165, 1.54) is 5.56 Å². The zero-order valence-electron chi connectivity index (χ0n) is 17.6. The van der Waals surface area contributed by atoms with Gasteiger partial charge in [-0.15, -0.1) is 0 Å². The monoisotopic (exact) mass is 391 g/mol. The van der Waals surface area contributed by atoms with Crippen LogP contribution in [0, 0.1) is 0 Å². The Balaban J connectivity index is 1.50. The molecule has 158 valence electrons. The van der Waals surface area contributed by atoms with Crippen molar-refractivity contribution in [2.45, 2.75) is 39.2 Å². The summed E-state index contributed by atoms with van der Waals surface area (Å²) >= 11 is 0. The predicted octanol–water partition coefficient (Wildman–Crippen LogP) is 2.78. The summed E-state index contributed by atoms with van der Waals surface area (Å²) in [6.07, 6.45) is 2.41. The molecule has 1 aromatic rings. The van der Waals surface area contributed by atoms with Gasteiger partial charge in [-0.05, 0) is 38.7 Å². The first-order valence-electron chi connectivity index (χ1n) is 10.7. The minimum absolute atomic E-state index is 0.0686. The Hall–Kier alpha value is -1.63. The fourth-order valence-electron chi connectivity index (χ4n) is 3.37. The Labute approximate surface area is 170 Å². The molecule has 1 amide bonds. The lowest BCUT2D eigenvalue weighted by Crippen LogP contribution is -2.47. The number of alkyl carbamates (subject to hydrolysis) is 1. The predicted molar refractivity (Wildman–Crippen MR) is 113 cm³/mol. The van der Waals surface area contributed by atoms with E-state index in [0.29, 0.717) is 6.54 Å². The van der Waals surface area contributed by atoms with Gasteiger partial charge < -0.3 is 24.6 Å². The van der Waals surface area contributed by atoms with Crippen molar-refractivity contribution in [2.24, 2.45) is 0 Å². The van der Waals surface area contributed by atoms with Gasteiger partial charge >= 0.3 is 6.09 Å². The highest BCUT2D eigenvalue weighted by atomic mass is 16.6. The van der Waals surface area contributed by atoms with Crippen LogP contribution in [0.4, 0.5) is 4.79 Å². The molecule has 0 aliphatic carbocycles. The fourth-order valence-corrected chi connectivity index (χ4v) is 3.37. The molecule has 2 rings (SSSR count). The van der Waals surface area contributed by atoms with Crippen molar-refractivity contribution >= 4 is 6.09 Å². The summed E-state index contributed by atoms with van der Waals surface area (Å²) in [6, 6.07) is 10.1. The molecule has 6 nitrogen and oxygen atoms in total. The largest absolute Gasteiger partial charge is 0.446 e. The van der Waals surface area contributed by atoms with Crippen molar-refractivity contribution < 1.29 is 14.3 Å². The number of piperazine rings is 1. The first-order chi connectivity index (χ1) is 13.7. The van der Waals surface area contributed by atoms with Crippen LogP contribution < -0.4 is 5.32 Å². The van der Waals surface area contributed by atoms with E-state index in [-0.39, 0.29) is 12.2 Å². The SMILES string of the molecule is CCOCCCN1CCN(CCC(C)OC(=O)NCCc2ccccc2)CC1. The molecule has 28 heavy (non-hydrogen) atoms. The number of amides is 1. The molecule has 1 unspecified atom stereocenters. The maximum absolute atomic E-state index is 11.9. The Bertz CT molecular complexity index is 533. The van der Waals surface area contributed by atoms with Crippen molar-refractivity contribution in [3.63, 3.8) is 0 Å². The highest BCUT2D eigenvalue weighted by Crippen LogP contribution is 2.06. The van der Waals surface area contributed by atoms with Crippen LogP contribution in [0.15, 0.2) is 30.3 Å². The minimum Gasteiger partial charge on any atom is -0.446 e. The van der Waals surface area contributed by atoms with Crippen molar-refractivity contribution in [3.05, 3.63) is 35.9 Å². The van der Waals surface area contributed by atoms with E-state index in [9.17, 15) is 4.79 Å². The van der Waals surface area contributed by atoms with Gasteiger partial charge in [0.25, 0.3) is 0 Å². The first kappa shape index (κ1) is 22.7. The molecule has 1 aliphatic heterocycles. The summed E-state index contributed by atoms with van der Waals surface area (Å²) in [5.74, 6) is 0. The van der Waals surface area contributed by atoms with Gasteiger partial charge in [-0.3, -0.25) is 0 Å². The van der Waals surface area contributed by atoms with E-state index in [0.717, 1.165) is 71.7 Å². The topological polar surface area (TPSA) is 54.0 Å². The molecule has 1 saturated heterocycles. The highest BCUT2D eigenvalue weighted by Gasteiger charge is 2.17. The van der Waals surface area contributed by atoms with E-state index in [1.807, 2.05) is 32.0 Å². The number of hydrogen-bond acceptors (Lipinski definition) is 5. The second-order valence-electron chi connectivity index (χ2n) is 7.40. The molecule has 1 aromatic carbocycles. The number of ether oxygens (including phenoxy) is 2. The molecule has 1 heterocycles. The van der Waals surface area contributed by atoms with Crippen LogP contribution in [0.2, 0.25) is 0 Å². The second-order valence-corrected chi connectivity index (χ2v) is 7.40. The third-order valence-electron chi connectivity index (χ3n) is 5.12. The minimum atomic E-state index is -0.317. The zero-order valence-corrected chi connectivity index (χ0v) is 17.6. The van der Waals surface area contributed by atoms with Gasteiger partial charge in [0.1, 0.15) is 6.10 Å². The lowest BCUT2D eigenvalue weighted by molar-refractivity contribution is 0.0778. The van der Waals surface area contributed by atoms with E-state index in [4.69, 9.17) is 9.47 Å². The summed E-state index contributed by atoms with van der Waals surface area (Å²) in [5.41, 5.74) is 1.22. The zero-order chi connectivity index (χ0) is 20.0. The molecule has 1 aliphatic rings. The molecule has 1 fully saturated rings. The normalized spacial score (nSPS) is 16.6. The molecule has 0 spiro atoms. The van der Waals surface area contributed by atoms with Crippen LogP contribution in [0.5, 0.6) is 0 Å². The average molecular weight is 392 g/mol. The van der Waals surface area contributed by atoms with Crippen LogP contribution in [0.3, 0.4) is 0 Å². The number of benzene rings is 1. The van der Waals surface area contributed by atoms with Crippen molar-refractivity contribution in [3.8, 4) is 0 Å². The molecule has 0 radical (unpaired) electrons. The number of nitrogens with one attached hydrogen (secondary N) is 1. The Kier molecular flexibility index (Phi) is 10.9. The quantitative estimate of drug-likeness (QED) is 0.555. The summed E-state index contributed by atoms with van der Waals surface area (Å²) in [4.78, 5) is 16.9. The van der Waals surface area contributed by atoms with Crippen molar-refractivity contribution in [2.75, 3.05) is 59.0 Å². The van der Waals surface area contributed by atoms with E-state index < -0.39 is 0 Å². The van der Waals surface area contributed by atoms with E-state index >= 15 is 0 Å². The molecular weight excluding hydrogens is 354 g/mol. The summed E-state index contributed by atoms with van der Waals surface area (Å²) in [5, 5.41) is 2.84. The number of carbonyl (C=O) groups excluding carboxylic acids is 1. The van der Waals surface area contributed by atoms with Crippen LogP contribution >= 0.6 is 0 Å². The van der Waals surface area contributed by atoms with Crippen LogP contribution in [-0.2, 0) is 15.9 Å². The third-order valence-corrected chi connectivity index (χ3v) is 5.12. The molecular formula is C22H37N3O3. The summed E-state index contributed by atoms with van der Waals surface area (Å²) in [7, 11) is 0. The number of hydrogen-bond donors (Lipinski definition) is 1. The van der Waals surface area contributed by atoms with Crippen LogP contribution in [0.25, 0.3) is 0 Å². The Morgan fingerprint density at radius 2 is 1.79 bits per heavy atom. The molecule has 0 saturated carbocycles. The van der Waals surface area contributed by atoms with Gasteiger partial charge in [0.15, 0.2) is 0 Å². The fraction of sp³-hybridized carbons (Fsp3) is 0.682. The summed E-state index contributed by atoms with van der Waals surface area (Å²) < 4.78 is 10.9. The smallest absolute Gasteiger partial charge is 0.407 e. The molecule has 0 aromatic heterocycles.